The lowest BCUT2D eigenvalue weighted by Gasteiger charge is -2.15. The molecular formula is C24H22ClN6O3P. The molecule has 11 heteroatoms. The average Bonchev–Trinajstić information content (AvgIpc) is 3.47. The molecular weight excluding hydrogens is 487 g/mol. The first-order valence-electron chi connectivity index (χ1n) is 10.7. The highest BCUT2D eigenvalue weighted by Gasteiger charge is 2.17. The van der Waals surface area contributed by atoms with Crippen LogP contribution >= 0.6 is 18.7 Å². The van der Waals surface area contributed by atoms with Gasteiger partial charge in [-0.1, -0.05) is 23.7 Å². The number of aromatic amines is 1. The molecule has 5 aromatic rings. The Morgan fingerprint density at radius 3 is 2.71 bits per heavy atom. The van der Waals surface area contributed by atoms with Crippen molar-refractivity contribution in [2.45, 2.75) is 6.61 Å². The highest BCUT2D eigenvalue weighted by atomic mass is 35.5. The van der Waals surface area contributed by atoms with E-state index in [2.05, 4.69) is 30.8 Å². The molecule has 0 unspecified atom stereocenters. The Labute approximate surface area is 205 Å². The van der Waals surface area contributed by atoms with E-state index in [-0.39, 0.29) is 6.61 Å². The Balaban J connectivity index is 1.44. The minimum atomic E-state index is -2.52. The van der Waals surface area contributed by atoms with E-state index in [1.807, 2.05) is 42.5 Å². The van der Waals surface area contributed by atoms with Crippen molar-refractivity contribution < 1.29 is 14.1 Å². The summed E-state index contributed by atoms with van der Waals surface area (Å²) in [6.07, 6.45) is 1.50. The predicted molar refractivity (Wildman–Crippen MR) is 139 cm³/mol. The Bertz CT molecular complexity index is 1570. The van der Waals surface area contributed by atoms with E-state index in [4.69, 9.17) is 16.0 Å². The van der Waals surface area contributed by atoms with E-state index in [9.17, 15) is 9.67 Å². The first-order valence-corrected chi connectivity index (χ1v) is 13.7. The SMILES string of the molecule is CP(C)(=O)c1ccccc1Nc1nc(Nc2ccc3[nH]nc(-c4ccc(CO)o4)c3c2)ncc1Cl. The minimum absolute atomic E-state index is 0.183. The van der Waals surface area contributed by atoms with E-state index in [1.54, 1.807) is 25.5 Å². The van der Waals surface area contributed by atoms with Crippen molar-refractivity contribution in [1.29, 1.82) is 0 Å². The Kier molecular flexibility index (Phi) is 6.06. The van der Waals surface area contributed by atoms with E-state index >= 15 is 0 Å². The quantitative estimate of drug-likeness (QED) is 0.212. The second-order valence-electron chi connectivity index (χ2n) is 8.26. The van der Waals surface area contributed by atoms with Crippen LogP contribution in [-0.2, 0) is 11.2 Å². The molecule has 0 saturated carbocycles. The average molecular weight is 509 g/mol. The van der Waals surface area contributed by atoms with Gasteiger partial charge in [0.2, 0.25) is 5.95 Å². The number of nitrogens with zero attached hydrogens (tertiary/aromatic N) is 3. The number of hydrogen-bond donors (Lipinski definition) is 4. The van der Waals surface area contributed by atoms with Crippen molar-refractivity contribution in [3.63, 3.8) is 0 Å². The van der Waals surface area contributed by atoms with Gasteiger partial charge < -0.3 is 24.7 Å². The van der Waals surface area contributed by atoms with Crippen LogP contribution < -0.4 is 15.9 Å². The normalized spacial score (nSPS) is 11.7. The number of furan rings is 1. The summed E-state index contributed by atoms with van der Waals surface area (Å²) in [5.74, 6) is 1.73. The van der Waals surface area contributed by atoms with E-state index in [1.165, 1.54) is 6.20 Å². The molecule has 2 aromatic carbocycles. The molecule has 3 aromatic heterocycles. The summed E-state index contributed by atoms with van der Waals surface area (Å²) >= 11 is 6.36. The Morgan fingerprint density at radius 1 is 1.11 bits per heavy atom. The molecule has 0 saturated heterocycles. The Hall–Kier alpha value is -3.65. The maximum Gasteiger partial charge on any atom is 0.229 e. The maximum atomic E-state index is 12.7. The number of rotatable bonds is 7. The Morgan fingerprint density at radius 2 is 1.94 bits per heavy atom. The summed E-state index contributed by atoms with van der Waals surface area (Å²) in [5, 5.41) is 24.9. The first-order chi connectivity index (χ1) is 16.8. The van der Waals surface area contributed by atoms with Crippen molar-refractivity contribution in [2.24, 2.45) is 0 Å². The van der Waals surface area contributed by atoms with Crippen LogP contribution in [0.15, 0.2) is 65.2 Å². The third-order valence-corrected chi connectivity index (χ3v) is 7.18. The molecule has 0 aliphatic rings. The van der Waals surface area contributed by atoms with Gasteiger partial charge in [-0.25, -0.2) is 4.98 Å². The number of fused-ring (bicyclic) bond motifs is 1. The van der Waals surface area contributed by atoms with Crippen molar-refractivity contribution in [2.75, 3.05) is 24.0 Å². The van der Waals surface area contributed by atoms with Gasteiger partial charge in [-0.15, -0.1) is 0 Å². The molecule has 0 aliphatic heterocycles. The lowest BCUT2D eigenvalue weighted by Crippen LogP contribution is -2.10. The number of anilines is 4. The zero-order valence-electron chi connectivity index (χ0n) is 18.9. The fraction of sp³-hybridized carbons (Fsp3) is 0.125. The second kappa shape index (κ2) is 9.19. The van der Waals surface area contributed by atoms with Crippen molar-refractivity contribution in [1.82, 2.24) is 20.2 Å². The molecule has 0 fully saturated rings. The van der Waals surface area contributed by atoms with Gasteiger partial charge in [-0.2, -0.15) is 10.1 Å². The minimum Gasteiger partial charge on any atom is -0.457 e. The molecule has 0 spiro atoms. The number of aromatic nitrogens is 4. The first kappa shape index (κ1) is 23.1. The molecule has 35 heavy (non-hydrogen) atoms. The molecule has 178 valence electrons. The number of benzene rings is 2. The number of aliphatic hydroxyl groups is 1. The van der Waals surface area contributed by atoms with Crippen LogP contribution in [0, 0.1) is 0 Å². The van der Waals surface area contributed by atoms with E-state index < -0.39 is 7.14 Å². The van der Waals surface area contributed by atoms with Gasteiger partial charge in [0.25, 0.3) is 0 Å². The number of para-hydroxylation sites is 1. The van der Waals surface area contributed by atoms with E-state index in [0.717, 1.165) is 16.6 Å². The van der Waals surface area contributed by atoms with Gasteiger partial charge in [0, 0.05) is 16.4 Å². The molecule has 0 radical (unpaired) electrons. The number of H-pyrrole nitrogens is 1. The summed E-state index contributed by atoms with van der Waals surface area (Å²) in [5.41, 5.74) is 2.86. The lowest BCUT2D eigenvalue weighted by atomic mass is 10.1. The molecule has 0 atom stereocenters. The summed E-state index contributed by atoms with van der Waals surface area (Å²) in [6, 6.07) is 16.5. The number of nitrogens with one attached hydrogen (secondary N) is 3. The van der Waals surface area contributed by atoms with Gasteiger partial charge >= 0.3 is 0 Å². The lowest BCUT2D eigenvalue weighted by molar-refractivity contribution is 0.248. The van der Waals surface area contributed by atoms with Crippen LogP contribution in [0.1, 0.15) is 5.76 Å². The van der Waals surface area contributed by atoms with Crippen molar-refractivity contribution in [3.8, 4) is 11.5 Å². The predicted octanol–water partition coefficient (Wildman–Crippen LogP) is 5.49. The highest BCUT2D eigenvalue weighted by Crippen LogP contribution is 2.38. The third-order valence-electron chi connectivity index (χ3n) is 5.35. The molecule has 9 nitrogen and oxygen atoms in total. The fourth-order valence-corrected chi connectivity index (χ4v) is 4.98. The smallest absolute Gasteiger partial charge is 0.229 e. The van der Waals surface area contributed by atoms with Crippen molar-refractivity contribution >= 4 is 58.1 Å². The summed E-state index contributed by atoms with van der Waals surface area (Å²) in [7, 11) is -2.52. The standard InChI is InChI=1S/C24H22ClN6O3P/c1-35(2,33)21-6-4-3-5-19(21)28-23-17(25)12-26-24(29-23)27-14-7-9-18-16(11-14)22(31-30-18)20-10-8-15(13-32)34-20/h3-12,32H,13H2,1-2H3,(H,30,31)(H2,26,27,28,29). The topological polar surface area (TPSA) is 129 Å². The summed E-state index contributed by atoms with van der Waals surface area (Å²) in [4.78, 5) is 8.82. The van der Waals surface area contributed by atoms with Gasteiger partial charge in [0.05, 0.1) is 17.4 Å². The summed E-state index contributed by atoms with van der Waals surface area (Å²) in [6.45, 7) is 3.25. The zero-order valence-corrected chi connectivity index (χ0v) is 20.6. The monoisotopic (exact) mass is 508 g/mol. The van der Waals surface area contributed by atoms with Crippen LogP contribution in [0.4, 0.5) is 23.1 Å². The molecule has 0 amide bonds. The number of hydrogen-bond acceptors (Lipinski definition) is 8. The van der Waals surface area contributed by atoms with Crippen LogP contribution in [0.2, 0.25) is 5.02 Å². The molecule has 0 bridgehead atoms. The second-order valence-corrected chi connectivity index (χ2v) is 11.9. The molecule has 5 rings (SSSR count). The zero-order chi connectivity index (χ0) is 24.6. The van der Waals surface area contributed by atoms with Crippen LogP contribution in [0.5, 0.6) is 0 Å². The van der Waals surface area contributed by atoms with Crippen LogP contribution in [0.3, 0.4) is 0 Å². The number of aliphatic hydroxyl groups excluding tert-OH is 1. The molecule has 3 heterocycles. The largest absolute Gasteiger partial charge is 0.457 e. The molecule has 4 N–H and O–H groups in total. The van der Waals surface area contributed by atoms with Gasteiger partial charge in [0.1, 0.15) is 30.2 Å². The van der Waals surface area contributed by atoms with Gasteiger partial charge in [0.15, 0.2) is 11.6 Å². The summed E-state index contributed by atoms with van der Waals surface area (Å²) < 4.78 is 18.4. The van der Waals surface area contributed by atoms with Crippen LogP contribution in [0.25, 0.3) is 22.4 Å². The fourth-order valence-electron chi connectivity index (χ4n) is 3.69. The number of halogens is 1. The third kappa shape index (κ3) is 4.79. The highest BCUT2D eigenvalue weighted by molar-refractivity contribution is 7.70. The van der Waals surface area contributed by atoms with Gasteiger partial charge in [-0.05, 0) is 55.8 Å². The maximum absolute atomic E-state index is 12.7. The van der Waals surface area contributed by atoms with Gasteiger partial charge in [-0.3, -0.25) is 5.10 Å². The van der Waals surface area contributed by atoms with E-state index in [0.29, 0.717) is 45.0 Å². The van der Waals surface area contributed by atoms with Crippen molar-refractivity contribution in [3.05, 3.63) is 71.6 Å². The van der Waals surface area contributed by atoms with Crippen LogP contribution in [-0.4, -0.2) is 38.6 Å². The molecule has 0 aliphatic carbocycles.